The fourth-order valence-corrected chi connectivity index (χ4v) is 4.70. The molecule has 41 heavy (non-hydrogen) atoms. The summed E-state index contributed by atoms with van der Waals surface area (Å²) in [6, 6.07) is 22.6. The highest BCUT2D eigenvalue weighted by Gasteiger charge is 2.17. The van der Waals surface area contributed by atoms with Gasteiger partial charge in [-0.05, 0) is 66.3 Å². The Morgan fingerprint density at radius 2 is 1.27 bits per heavy atom. The molecule has 3 rings (SSSR count). The van der Waals surface area contributed by atoms with Crippen molar-refractivity contribution in [2.24, 2.45) is 0 Å². The van der Waals surface area contributed by atoms with Crippen LogP contribution in [0.2, 0.25) is 0 Å². The third kappa shape index (κ3) is 11.9. The van der Waals surface area contributed by atoms with Crippen LogP contribution < -0.4 is 9.47 Å². The average Bonchev–Trinajstić information content (AvgIpc) is 2.99. The number of benzene rings is 3. The van der Waals surface area contributed by atoms with Crippen molar-refractivity contribution < 1.29 is 23.8 Å². The van der Waals surface area contributed by atoms with E-state index in [2.05, 4.69) is 19.9 Å². The quantitative estimate of drug-likeness (QED) is 0.0833. The first kappa shape index (κ1) is 32.1. The molecule has 0 spiro atoms. The van der Waals surface area contributed by atoms with Gasteiger partial charge in [0, 0.05) is 6.61 Å². The smallest absolute Gasteiger partial charge is 0.344 e. The van der Waals surface area contributed by atoms with Gasteiger partial charge in [0.15, 0.2) is 0 Å². The van der Waals surface area contributed by atoms with E-state index in [1.807, 2.05) is 42.5 Å². The molecule has 0 radical (unpaired) electrons. The summed E-state index contributed by atoms with van der Waals surface area (Å²) in [7, 11) is 0. The van der Waals surface area contributed by atoms with Crippen LogP contribution >= 0.6 is 0 Å². The first-order valence-electron chi connectivity index (χ1n) is 15.4. The average molecular weight is 559 g/mol. The van der Waals surface area contributed by atoms with Crippen molar-refractivity contribution in [2.45, 2.75) is 90.9 Å². The molecular weight excluding hydrogens is 512 g/mol. The first-order chi connectivity index (χ1) is 20.1. The van der Waals surface area contributed by atoms with Gasteiger partial charge in [-0.3, -0.25) is 4.79 Å². The number of hydrogen-bond acceptors (Lipinski definition) is 5. The maximum absolute atomic E-state index is 13.4. The molecule has 0 amide bonds. The Hall–Kier alpha value is -3.44. The van der Waals surface area contributed by atoms with Gasteiger partial charge in [0.25, 0.3) is 0 Å². The van der Waals surface area contributed by atoms with Crippen LogP contribution in [-0.4, -0.2) is 25.2 Å². The molecular formula is C36H46O5. The molecule has 0 aliphatic carbocycles. The third-order valence-electron chi connectivity index (χ3n) is 7.07. The van der Waals surface area contributed by atoms with E-state index in [1.165, 1.54) is 44.9 Å². The predicted molar refractivity (Wildman–Crippen MR) is 166 cm³/mol. The van der Waals surface area contributed by atoms with Gasteiger partial charge in [-0.25, -0.2) is 4.79 Å². The SMILES string of the molecule is CCCCCCCOCCC(=O)Oc1ccc(OC(=O)c2cc(CCCCCCC)ccc2-c2ccccc2)cc1. The minimum Gasteiger partial charge on any atom is -0.426 e. The molecule has 5 heteroatoms. The molecule has 0 aliphatic heterocycles. The van der Waals surface area contributed by atoms with E-state index in [1.54, 1.807) is 24.3 Å². The van der Waals surface area contributed by atoms with E-state index in [9.17, 15) is 9.59 Å². The van der Waals surface area contributed by atoms with Gasteiger partial charge in [-0.2, -0.15) is 0 Å². The summed E-state index contributed by atoms with van der Waals surface area (Å²) in [6.07, 6.45) is 13.0. The minimum absolute atomic E-state index is 0.197. The molecule has 0 unspecified atom stereocenters. The number of carbonyl (C=O) groups excluding carboxylic acids is 2. The van der Waals surface area contributed by atoms with Gasteiger partial charge in [-0.1, -0.05) is 108 Å². The summed E-state index contributed by atoms with van der Waals surface area (Å²) < 4.78 is 16.7. The van der Waals surface area contributed by atoms with E-state index in [4.69, 9.17) is 14.2 Å². The predicted octanol–water partition coefficient (Wildman–Crippen LogP) is 9.37. The topological polar surface area (TPSA) is 61.8 Å². The van der Waals surface area contributed by atoms with Crippen LogP contribution in [0.25, 0.3) is 11.1 Å². The summed E-state index contributed by atoms with van der Waals surface area (Å²) in [4.78, 5) is 25.5. The zero-order chi connectivity index (χ0) is 29.1. The van der Waals surface area contributed by atoms with Crippen molar-refractivity contribution in [1.29, 1.82) is 0 Å². The van der Waals surface area contributed by atoms with E-state index in [0.717, 1.165) is 42.4 Å². The molecule has 5 nitrogen and oxygen atoms in total. The van der Waals surface area contributed by atoms with E-state index in [0.29, 0.717) is 30.3 Å². The van der Waals surface area contributed by atoms with E-state index in [-0.39, 0.29) is 12.4 Å². The Bertz CT molecular complexity index is 1170. The van der Waals surface area contributed by atoms with Crippen molar-refractivity contribution >= 4 is 11.9 Å². The highest BCUT2D eigenvalue weighted by molar-refractivity contribution is 5.98. The zero-order valence-electron chi connectivity index (χ0n) is 24.9. The minimum atomic E-state index is -0.409. The number of aryl methyl sites for hydroxylation is 1. The second-order valence-corrected chi connectivity index (χ2v) is 10.5. The molecule has 3 aromatic rings. The van der Waals surface area contributed by atoms with Crippen molar-refractivity contribution in [3.05, 3.63) is 83.9 Å². The molecule has 0 aliphatic rings. The Morgan fingerprint density at radius 3 is 1.95 bits per heavy atom. The second-order valence-electron chi connectivity index (χ2n) is 10.5. The number of carbonyl (C=O) groups is 2. The fourth-order valence-electron chi connectivity index (χ4n) is 4.70. The highest BCUT2D eigenvalue weighted by atomic mass is 16.5. The summed E-state index contributed by atoms with van der Waals surface area (Å²) in [5, 5.41) is 0. The van der Waals surface area contributed by atoms with Crippen LogP contribution in [0.3, 0.4) is 0 Å². The molecule has 0 N–H and O–H groups in total. The van der Waals surface area contributed by atoms with Crippen LogP contribution in [0.5, 0.6) is 11.5 Å². The van der Waals surface area contributed by atoms with Gasteiger partial charge >= 0.3 is 11.9 Å². The third-order valence-corrected chi connectivity index (χ3v) is 7.07. The first-order valence-corrected chi connectivity index (χ1v) is 15.4. The van der Waals surface area contributed by atoms with Crippen molar-refractivity contribution in [3.63, 3.8) is 0 Å². The molecule has 0 aromatic heterocycles. The molecule has 0 bridgehead atoms. The van der Waals surface area contributed by atoms with Crippen LogP contribution in [0.15, 0.2) is 72.8 Å². The van der Waals surface area contributed by atoms with Gasteiger partial charge in [0.1, 0.15) is 11.5 Å². The van der Waals surface area contributed by atoms with Gasteiger partial charge in [0.05, 0.1) is 18.6 Å². The Labute approximate surface area is 246 Å². The van der Waals surface area contributed by atoms with E-state index < -0.39 is 5.97 Å². The lowest BCUT2D eigenvalue weighted by Gasteiger charge is -2.13. The summed E-state index contributed by atoms with van der Waals surface area (Å²) in [5.41, 5.74) is 3.50. The van der Waals surface area contributed by atoms with Gasteiger partial charge < -0.3 is 14.2 Å². The van der Waals surface area contributed by atoms with Gasteiger partial charge in [-0.15, -0.1) is 0 Å². The van der Waals surface area contributed by atoms with Crippen molar-refractivity contribution in [1.82, 2.24) is 0 Å². The molecule has 0 fully saturated rings. The number of esters is 2. The van der Waals surface area contributed by atoms with Crippen molar-refractivity contribution in [2.75, 3.05) is 13.2 Å². The standard InChI is InChI=1S/C36H46O5/c1-3-5-7-9-12-16-29-19-24-33(30-17-13-11-14-18-30)34(28-29)36(38)41-32-22-20-31(21-23-32)40-35(37)25-27-39-26-15-10-8-6-4-2/h11,13-14,17-24,28H,3-10,12,15-16,25-27H2,1-2H3. The summed E-state index contributed by atoms with van der Waals surface area (Å²) >= 11 is 0. The molecule has 0 heterocycles. The molecule has 0 saturated carbocycles. The maximum Gasteiger partial charge on any atom is 0.344 e. The van der Waals surface area contributed by atoms with E-state index >= 15 is 0 Å². The highest BCUT2D eigenvalue weighted by Crippen LogP contribution is 2.27. The number of unbranched alkanes of at least 4 members (excludes halogenated alkanes) is 8. The number of rotatable bonds is 19. The molecule has 0 atom stereocenters. The lowest BCUT2D eigenvalue weighted by atomic mass is 9.95. The molecule has 0 saturated heterocycles. The number of ether oxygens (including phenoxy) is 3. The largest absolute Gasteiger partial charge is 0.426 e. The lowest BCUT2D eigenvalue weighted by Crippen LogP contribution is -2.12. The zero-order valence-corrected chi connectivity index (χ0v) is 24.9. The van der Waals surface area contributed by atoms with Crippen LogP contribution in [0, 0.1) is 0 Å². The Kier molecular flexibility index (Phi) is 14.7. The summed E-state index contributed by atoms with van der Waals surface area (Å²) in [5.74, 6) is 0.0441. The Balaban J connectivity index is 1.55. The van der Waals surface area contributed by atoms with Gasteiger partial charge in [0.2, 0.25) is 0 Å². The van der Waals surface area contributed by atoms with Crippen LogP contribution in [-0.2, 0) is 16.0 Å². The normalized spacial score (nSPS) is 10.9. The molecule has 3 aromatic carbocycles. The second kappa shape index (κ2) is 18.8. The van der Waals surface area contributed by atoms with Crippen LogP contribution in [0.1, 0.15) is 100 Å². The molecule has 220 valence electrons. The van der Waals surface area contributed by atoms with Crippen LogP contribution in [0.4, 0.5) is 0 Å². The number of hydrogen-bond donors (Lipinski definition) is 0. The maximum atomic E-state index is 13.4. The monoisotopic (exact) mass is 558 g/mol. The fraction of sp³-hybridized carbons (Fsp3) is 0.444. The van der Waals surface area contributed by atoms with Crippen molar-refractivity contribution in [3.8, 4) is 22.6 Å². The Morgan fingerprint density at radius 1 is 0.634 bits per heavy atom. The lowest BCUT2D eigenvalue weighted by molar-refractivity contribution is -0.135. The summed E-state index contributed by atoms with van der Waals surface area (Å²) in [6.45, 7) is 5.43.